The van der Waals surface area contributed by atoms with E-state index >= 15 is 4.39 Å². The molecule has 188 valence electrons. The summed E-state index contributed by atoms with van der Waals surface area (Å²) in [5.74, 6) is -1.43. The predicted octanol–water partition coefficient (Wildman–Crippen LogP) is 4.62. The third-order valence-corrected chi connectivity index (χ3v) is 10.9. The molecular weight excluding hydrogens is 483 g/mol. The van der Waals surface area contributed by atoms with E-state index in [0.717, 1.165) is 17.3 Å². The van der Waals surface area contributed by atoms with Gasteiger partial charge in [0.1, 0.15) is 11.8 Å². The zero-order valence-corrected chi connectivity index (χ0v) is 21.1. The fourth-order valence-corrected chi connectivity index (χ4v) is 9.68. The maximum absolute atomic E-state index is 15.8. The highest BCUT2D eigenvalue weighted by Crippen LogP contribution is 2.79. The van der Waals surface area contributed by atoms with E-state index in [9.17, 15) is 14.4 Å². The predicted molar refractivity (Wildman–Crippen MR) is 129 cm³/mol. The summed E-state index contributed by atoms with van der Waals surface area (Å²) in [5, 5.41) is -0.205. The lowest BCUT2D eigenvalue weighted by atomic mass is 9.41. The first-order valence-electron chi connectivity index (χ1n) is 12.5. The van der Waals surface area contributed by atoms with Gasteiger partial charge in [-0.25, -0.2) is 9.18 Å². The van der Waals surface area contributed by atoms with E-state index in [1.54, 1.807) is 12.3 Å². The Labute approximate surface area is 212 Å². The maximum Gasteiger partial charge on any atom is 0.375 e. The zero-order valence-electron chi connectivity index (χ0n) is 20.3. The van der Waals surface area contributed by atoms with Crippen molar-refractivity contribution < 1.29 is 32.7 Å². The fourth-order valence-electron chi connectivity index (χ4n) is 8.90. The number of ketones is 1. The quantitative estimate of drug-likeness (QED) is 0.434. The minimum Gasteiger partial charge on any atom is -0.457 e. The van der Waals surface area contributed by atoms with Gasteiger partial charge in [-0.05, 0) is 66.9 Å². The molecule has 7 rings (SSSR count). The number of carbonyl (C=O) groups is 3. The number of hydrogen-bond donors (Lipinski definition) is 0. The number of halogens is 1. The summed E-state index contributed by atoms with van der Waals surface area (Å²) in [7, 11) is 0. The van der Waals surface area contributed by atoms with Crippen molar-refractivity contribution in [2.45, 2.75) is 56.6 Å². The first-order valence-corrected chi connectivity index (χ1v) is 13.7. The number of carbonyl (C=O) groups excluding carboxylic acids is 3. The lowest BCUT2D eigenvalue weighted by molar-refractivity contribution is -0.239. The standard InChI is InChI=1S/C28H27FO6S/c1-14-9-16-17-11-20(29)18-10-15(30)6-7-26(18)12-19-22(34-28(17,19)26)13-25(16,2)27(14,24(32)36-3)35-23(31)21-5-4-8-33-21/h4-8,10,12,14,16-17,20,22H,9,11,13H2,1-3H3/t14-,16?,17?,20+,22+,25+,26-,27+,28-/m1/s1. The van der Waals surface area contributed by atoms with Crippen molar-refractivity contribution in [3.63, 3.8) is 0 Å². The summed E-state index contributed by atoms with van der Waals surface area (Å²) in [4.78, 5) is 39.2. The van der Waals surface area contributed by atoms with E-state index in [0.29, 0.717) is 18.4 Å². The molecule has 3 saturated carbocycles. The van der Waals surface area contributed by atoms with Crippen molar-refractivity contribution in [1.29, 1.82) is 0 Å². The molecule has 1 aromatic rings. The molecule has 2 heterocycles. The van der Waals surface area contributed by atoms with Crippen LogP contribution in [-0.4, -0.2) is 46.6 Å². The van der Waals surface area contributed by atoms with Gasteiger partial charge in [-0.3, -0.25) is 9.59 Å². The van der Waals surface area contributed by atoms with E-state index in [2.05, 4.69) is 6.08 Å². The van der Waals surface area contributed by atoms with Crippen LogP contribution in [0.5, 0.6) is 0 Å². The molecule has 1 aromatic heterocycles. The van der Waals surface area contributed by atoms with Gasteiger partial charge in [-0.1, -0.05) is 37.8 Å². The number of rotatable bonds is 3. The number of ether oxygens (including phenoxy) is 2. The van der Waals surface area contributed by atoms with Gasteiger partial charge in [-0.15, -0.1) is 0 Å². The Bertz CT molecular complexity index is 1310. The molecule has 1 aliphatic heterocycles. The van der Waals surface area contributed by atoms with Gasteiger partial charge in [0.25, 0.3) is 0 Å². The lowest BCUT2D eigenvalue weighted by Crippen LogP contribution is -2.75. The number of furan rings is 1. The summed E-state index contributed by atoms with van der Waals surface area (Å²) < 4.78 is 34.1. The molecule has 2 bridgehead atoms. The smallest absolute Gasteiger partial charge is 0.375 e. The highest BCUT2D eigenvalue weighted by Gasteiger charge is 2.83. The van der Waals surface area contributed by atoms with Gasteiger partial charge in [0.05, 0.1) is 17.8 Å². The summed E-state index contributed by atoms with van der Waals surface area (Å²) in [6, 6.07) is 3.13. The summed E-state index contributed by atoms with van der Waals surface area (Å²) >= 11 is 1.06. The number of alkyl halides is 1. The number of allylic oxidation sites excluding steroid dienone is 2. The lowest BCUT2D eigenvalue weighted by Gasteiger charge is -2.71. The molecule has 2 spiro atoms. The summed E-state index contributed by atoms with van der Waals surface area (Å²) in [5.41, 5.74) is -2.03. The molecule has 6 aliphatic rings. The van der Waals surface area contributed by atoms with Crippen molar-refractivity contribution in [3.8, 4) is 0 Å². The Balaban J connectivity index is 1.37. The molecule has 0 aromatic carbocycles. The van der Waals surface area contributed by atoms with E-state index in [1.807, 2.05) is 19.9 Å². The molecule has 36 heavy (non-hydrogen) atoms. The zero-order chi connectivity index (χ0) is 25.3. The van der Waals surface area contributed by atoms with Crippen LogP contribution in [0.1, 0.15) is 43.7 Å². The maximum atomic E-state index is 15.8. The second-order valence-electron chi connectivity index (χ2n) is 11.4. The van der Waals surface area contributed by atoms with E-state index < -0.39 is 34.2 Å². The molecule has 5 aliphatic carbocycles. The highest BCUT2D eigenvalue weighted by molar-refractivity contribution is 8.13. The monoisotopic (exact) mass is 510 g/mol. The Morgan fingerprint density at radius 1 is 1.22 bits per heavy atom. The molecule has 4 fully saturated rings. The van der Waals surface area contributed by atoms with Crippen LogP contribution in [0.15, 0.2) is 58.3 Å². The molecule has 1 saturated heterocycles. The Morgan fingerprint density at radius 3 is 2.72 bits per heavy atom. The molecule has 6 nitrogen and oxygen atoms in total. The molecule has 8 heteroatoms. The van der Waals surface area contributed by atoms with E-state index in [-0.39, 0.29) is 46.9 Å². The Kier molecular flexibility index (Phi) is 4.35. The SMILES string of the molecule is CSC(=O)[C@@]1(OC(=O)c2ccco2)[C@H](C)CC2C3C[C@H](F)C4=CC(=O)C=C[C@@]45C=C4[C@H](C[C@@]21C)O[C@@]435. The van der Waals surface area contributed by atoms with Gasteiger partial charge in [0.15, 0.2) is 11.4 Å². The number of esters is 1. The third-order valence-electron chi connectivity index (χ3n) is 10.2. The van der Waals surface area contributed by atoms with Crippen molar-refractivity contribution in [2.75, 3.05) is 6.26 Å². The average Bonchev–Trinajstić information content (AvgIpc) is 3.41. The normalized spacial score (nSPS) is 47.2. The van der Waals surface area contributed by atoms with Crippen LogP contribution < -0.4 is 0 Å². The van der Waals surface area contributed by atoms with E-state index in [4.69, 9.17) is 13.9 Å². The van der Waals surface area contributed by atoms with Gasteiger partial charge < -0.3 is 13.9 Å². The number of thioether (sulfide) groups is 1. The Morgan fingerprint density at radius 2 is 2.03 bits per heavy atom. The van der Waals surface area contributed by atoms with Crippen molar-refractivity contribution in [2.24, 2.45) is 28.6 Å². The fraction of sp³-hybridized carbons (Fsp3) is 0.536. The number of fused-ring (bicyclic) bond motifs is 2. The van der Waals surface area contributed by atoms with Crippen LogP contribution in [0.2, 0.25) is 0 Å². The second-order valence-corrected chi connectivity index (χ2v) is 12.2. The van der Waals surface area contributed by atoms with Crippen LogP contribution in [-0.2, 0) is 19.1 Å². The molecule has 9 atom stereocenters. The molecule has 0 radical (unpaired) electrons. The molecule has 0 amide bonds. The van der Waals surface area contributed by atoms with Crippen LogP contribution >= 0.6 is 11.8 Å². The van der Waals surface area contributed by atoms with Crippen molar-refractivity contribution in [3.05, 3.63) is 59.6 Å². The molecular formula is C28H27FO6S. The largest absolute Gasteiger partial charge is 0.457 e. The first-order chi connectivity index (χ1) is 17.1. The van der Waals surface area contributed by atoms with Crippen LogP contribution in [0.4, 0.5) is 4.39 Å². The minimum atomic E-state index is -1.41. The van der Waals surface area contributed by atoms with Gasteiger partial charge >= 0.3 is 5.97 Å². The van der Waals surface area contributed by atoms with E-state index in [1.165, 1.54) is 24.5 Å². The topological polar surface area (TPSA) is 82.8 Å². The minimum absolute atomic E-state index is 0.0466. The average molecular weight is 511 g/mol. The molecule has 0 N–H and O–H groups in total. The second kappa shape index (κ2) is 6.90. The summed E-state index contributed by atoms with van der Waals surface area (Å²) in [6.07, 6.45) is 9.75. The van der Waals surface area contributed by atoms with Gasteiger partial charge in [0.2, 0.25) is 10.9 Å². The van der Waals surface area contributed by atoms with Crippen LogP contribution in [0.25, 0.3) is 0 Å². The van der Waals surface area contributed by atoms with Crippen molar-refractivity contribution in [1.82, 2.24) is 0 Å². The Hall–Kier alpha value is -2.45. The number of hydrogen-bond acceptors (Lipinski definition) is 7. The highest BCUT2D eigenvalue weighted by atomic mass is 32.2. The van der Waals surface area contributed by atoms with Crippen molar-refractivity contribution >= 4 is 28.6 Å². The van der Waals surface area contributed by atoms with Crippen LogP contribution in [0, 0.1) is 28.6 Å². The van der Waals surface area contributed by atoms with Gasteiger partial charge in [0, 0.05) is 17.3 Å². The van der Waals surface area contributed by atoms with Crippen LogP contribution in [0.3, 0.4) is 0 Å². The summed E-state index contributed by atoms with van der Waals surface area (Å²) in [6.45, 7) is 3.98. The van der Waals surface area contributed by atoms with Gasteiger partial charge in [-0.2, -0.15) is 0 Å². The third kappa shape index (κ3) is 2.24. The first kappa shape index (κ1) is 22.7. The molecule has 2 unspecified atom stereocenters.